The number of hydrogen-bond donors (Lipinski definition) is 1. The molecule has 18 heavy (non-hydrogen) atoms. The fraction of sp³-hybridized carbons (Fsp3) is 0.500. The summed E-state index contributed by atoms with van der Waals surface area (Å²) in [6.45, 7) is 0. The van der Waals surface area contributed by atoms with Crippen LogP contribution in [0.4, 0.5) is 14.6 Å². The van der Waals surface area contributed by atoms with Gasteiger partial charge in [0.2, 0.25) is 11.8 Å². The van der Waals surface area contributed by atoms with Crippen molar-refractivity contribution in [1.29, 1.82) is 0 Å². The highest BCUT2D eigenvalue weighted by Gasteiger charge is 2.39. The van der Waals surface area contributed by atoms with Gasteiger partial charge in [0.05, 0.1) is 0 Å². The minimum absolute atomic E-state index is 0.119. The summed E-state index contributed by atoms with van der Waals surface area (Å²) in [7, 11) is 0. The number of anilines is 1. The van der Waals surface area contributed by atoms with Gasteiger partial charge < -0.3 is 5.32 Å². The lowest BCUT2D eigenvalue weighted by Gasteiger charge is -2.27. The van der Waals surface area contributed by atoms with Crippen molar-refractivity contribution in [3.63, 3.8) is 0 Å². The summed E-state index contributed by atoms with van der Waals surface area (Å²) in [4.78, 5) is 15.9. The highest BCUT2D eigenvalue weighted by Crippen LogP contribution is 2.37. The number of hydrogen-bond acceptors (Lipinski definition) is 2. The standard InChI is InChI=1S/C12H13BrF2N2O/c13-9-4-1-5-10(16-9)17-11(18)8-3-2-6-12(14,15)7-8/h1,4-5,8H,2-3,6-7H2,(H,16,17,18). The molecule has 1 N–H and O–H groups in total. The zero-order valence-corrected chi connectivity index (χ0v) is 11.2. The first-order valence-electron chi connectivity index (χ1n) is 5.77. The second-order valence-corrected chi connectivity index (χ2v) is 5.30. The Balaban J connectivity index is 2.00. The Morgan fingerprint density at radius 3 is 2.94 bits per heavy atom. The van der Waals surface area contributed by atoms with Crippen LogP contribution in [0.1, 0.15) is 25.7 Å². The molecule has 2 rings (SSSR count). The van der Waals surface area contributed by atoms with Gasteiger partial charge in [-0.05, 0) is 40.9 Å². The van der Waals surface area contributed by atoms with Crippen molar-refractivity contribution in [2.24, 2.45) is 5.92 Å². The van der Waals surface area contributed by atoms with Crippen LogP contribution < -0.4 is 5.32 Å². The van der Waals surface area contributed by atoms with Crippen molar-refractivity contribution in [2.45, 2.75) is 31.6 Å². The molecule has 0 saturated heterocycles. The smallest absolute Gasteiger partial charge is 0.248 e. The summed E-state index contributed by atoms with van der Waals surface area (Å²) in [5.74, 6) is -3.34. The number of alkyl halides is 2. The predicted octanol–water partition coefficient (Wildman–Crippen LogP) is 3.61. The lowest BCUT2D eigenvalue weighted by atomic mass is 9.86. The zero-order valence-electron chi connectivity index (χ0n) is 9.63. The largest absolute Gasteiger partial charge is 0.310 e. The molecule has 0 spiro atoms. The maximum Gasteiger partial charge on any atom is 0.248 e. The number of pyridine rings is 1. The van der Waals surface area contributed by atoms with Crippen LogP contribution in [-0.2, 0) is 4.79 Å². The lowest BCUT2D eigenvalue weighted by Crippen LogP contribution is -2.33. The predicted molar refractivity (Wildman–Crippen MR) is 67.5 cm³/mol. The van der Waals surface area contributed by atoms with Crippen molar-refractivity contribution in [3.05, 3.63) is 22.8 Å². The van der Waals surface area contributed by atoms with Gasteiger partial charge in [0.15, 0.2) is 0 Å². The normalized spacial score (nSPS) is 22.5. The number of amides is 1. The number of rotatable bonds is 2. The van der Waals surface area contributed by atoms with E-state index in [9.17, 15) is 13.6 Å². The Kier molecular flexibility index (Phi) is 3.94. The molecule has 1 aliphatic carbocycles. The molecule has 0 radical (unpaired) electrons. The lowest BCUT2D eigenvalue weighted by molar-refractivity contribution is -0.127. The average Bonchev–Trinajstić information content (AvgIpc) is 2.27. The van der Waals surface area contributed by atoms with Gasteiger partial charge in [-0.1, -0.05) is 6.07 Å². The van der Waals surface area contributed by atoms with E-state index in [0.29, 0.717) is 23.3 Å². The topological polar surface area (TPSA) is 42.0 Å². The minimum atomic E-state index is -2.72. The number of nitrogens with one attached hydrogen (secondary N) is 1. The Labute approximate surface area is 112 Å². The van der Waals surface area contributed by atoms with Gasteiger partial charge >= 0.3 is 0 Å². The monoisotopic (exact) mass is 318 g/mol. The highest BCUT2D eigenvalue weighted by molar-refractivity contribution is 9.10. The van der Waals surface area contributed by atoms with Gasteiger partial charge in [-0.2, -0.15) is 0 Å². The molecule has 0 aliphatic heterocycles. The molecule has 3 nitrogen and oxygen atoms in total. The van der Waals surface area contributed by atoms with Gasteiger partial charge in [-0.15, -0.1) is 0 Å². The van der Waals surface area contributed by atoms with Gasteiger partial charge in [0.25, 0.3) is 0 Å². The number of carbonyl (C=O) groups is 1. The van der Waals surface area contributed by atoms with Crippen molar-refractivity contribution in [3.8, 4) is 0 Å². The van der Waals surface area contributed by atoms with Gasteiger partial charge in [-0.3, -0.25) is 4.79 Å². The first-order chi connectivity index (χ1) is 8.46. The van der Waals surface area contributed by atoms with Crippen LogP contribution in [-0.4, -0.2) is 16.8 Å². The van der Waals surface area contributed by atoms with Crippen molar-refractivity contribution in [1.82, 2.24) is 4.98 Å². The van der Waals surface area contributed by atoms with E-state index in [1.807, 2.05) is 0 Å². The Bertz CT molecular complexity index is 453. The molecule has 1 unspecified atom stereocenters. The third kappa shape index (κ3) is 3.48. The van der Waals surface area contributed by atoms with Gasteiger partial charge in [-0.25, -0.2) is 13.8 Å². The molecule has 0 bridgehead atoms. The molecular formula is C12H13BrF2N2O. The van der Waals surface area contributed by atoms with Crippen LogP contribution >= 0.6 is 15.9 Å². The summed E-state index contributed by atoms with van der Waals surface area (Å²) in [6.07, 6.45) is 0.408. The number of nitrogens with zero attached hydrogens (tertiary/aromatic N) is 1. The Morgan fingerprint density at radius 2 is 2.28 bits per heavy atom. The third-order valence-corrected chi connectivity index (χ3v) is 3.42. The SMILES string of the molecule is O=C(Nc1cccc(Br)n1)C1CCCC(F)(F)C1. The number of halogens is 3. The number of carbonyl (C=O) groups excluding carboxylic acids is 1. The van der Waals surface area contributed by atoms with E-state index in [2.05, 4.69) is 26.2 Å². The number of aromatic nitrogens is 1. The summed E-state index contributed by atoms with van der Waals surface area (Å²) in [6, 6.07) is 5.08. The van der Waals surface area contributed by atoms with E-state index in [4.69, 9.17) is 0 Å². The second-order valence-electron chi connectivity index (χ2n) is 4.48. The van der Waals surface area contributed by atoms with Gasteiger partial charge in [0.1, 0.15) is 10.4 Å². The molecular weight excluding hydrogens is 306 g/mol. The molecule has 1 atom stereocenters. The second kappa shape index (κ2) is 5.30. The maximum absolute atomic E-state index is 13.2. The van der Waals surface area contributed by atoms with Crippen LogP contribution in [0.3, 0.4) is 0 Å². The van der Waals surface area contributed by atoms with E-state index in [0.717, 1.165) is 0 Å². The van der Waals surface area contributed by atoms with Crippen LogP contribution in [0.5, 0.6) is 0 Å². The van der Waals surface area contributed by atoms with Gasteiger partial charge in [0, 0.05) is 18.8 Å². The first kappa shape index (κ1) is 13.4. The maximum atomic E-state index is 13.2. The third-order valence-electron chi connectivity index (χ3n) is 2.98. The van der Waals surface area contributed by atoms with Crippen molar-refractivity contribution in [2.75, 3.05) is 5.32 Å². The van der Waals surface area contributed by atoms with E-state index >= 15 is 0 Å². The van der Waals surface area contributed by atoms with Crippen LogP contribution in [0.25, 0.3) is 0 Å². The highest BCUT2D eigenvalue weighted by atomic mass is 79.9. The molecule has 1 amide bonds. The van der Waals surface area contributed by atoms with Crippen LogP contribution in [0, 0.1) is 5.92 Å². The molecule has 1 aliphatic rings. The molecule has 0 aromatic carbocycles. The Morgan fingerprint density at radius 1 is 1.50 bits per heavy atom. The Hall–Kier alpha value is -1.04. The summed E-state index contributed by atoms with van der Waals surface area (Å²) in [5.41, 5.74) is 0. The summed E-state index contributed by atoms with van der Waals surface area (Å²) >= 11 is 3.18. The molecule has 1 heterocycles. The fourth-order valence-electron chi connectivity index (χ4n) is 2.10. The van der Waals surface area contributed by atoms with E-state index in [-0.39, 0.29) is 18.7 Å². The average molecular weight is 319 g/mol. The first-order valence-corrected chi connectivity index (χ1v) is 6.57. The molecule has 6 heteroatoms. The van der Waals surface area contributed by atoms with Crippen LogP contribution in [0.15, 0.2) is 22.8 Å². The summed E-state index contributed by atoms with van der Waals surface area (Å²) < 4.78 is 27.0. The van der Waals surface area contributed by atoms with E-state index in [1.165, 1.54) is 0 Å². The van der Waals surface area contributed by atoms with E-state index in [1.54, 1.807) is 18.2 Å². The molecule has 1 fully saturated rings. The summed E-state index contributed by atoms with van der Waals surface area (Å²) in [5, 5.41) is 2.58. The molecule has 1 saturated carbocycles. The minimum Gasteiger partial charge on any atom is -0.310 e. The quantitative estimate of drug-likeness (QED) is 0.846. The zero-order chi connectivity index (χ0) is 13.2. The van der Waals surface area contributed by atoms with Crippen LogP contribution in [0.2, 0.25) is 0 Å². The molecule has 1 aromatic rings. The van der Waals surface area contributed by atoms with Crippen molar-refractivity contribution >= 4 is 27.7 Å². The fourth-order valence-corrected chi connectivity index (χ4v) is 2.45. The van der Waals surface area contributed by atoms with Crippen molar-refractivity contribution < 1.29 is 13.6 Å². The molecule has 1 aromatic heterocycles. The van der Waals surface area contributed by atoms with E-state index < -0.39 is 11.8 Å². The molecule has 98 valence electrons.